The van der Waals surface area contributed by atoms with E-state index in [0.29, 0.717) is 0 Å². The molecule has 1 aromatic heterocycles. The van der Waals surface area contributed by atoms with Crippen LogP contribution in [-0.4, -0.2) is 16.3 Å². The van der Waals surface area contributed by atoms with Gasteiger partial charge in [-0.25, -0.2) is 9.42 Å². The zero-order valence-corrected chi connectivity index (χ0v) is 8.29. The quantitative estimate of drug-likeness (QED) is 0.774. The van der Waals surface area contributed by atoms with Gasteiger partial charge in [-0.15, -0.1) is 0 Å². The van der Waals surface area contributed by atoms with Gasteiger partial charge in [-0.2, -0.15) is 0 Å². The fourth-order valence-electron chi connectivity index (χ4n) is 1.13. The van der Waals surface area contributed by atoms with E-state index in [9.17, 15) is 4.79 Å². The van der Waals surface area contributed by atoms with Crippen LogP contribution in [-0.2, 0) is 11.3 Å². The number of rotatable bonds is 3. The number of aromatic nitrogens is 2. The summed E-state index contributed by atoms with van der Waals surface area (Å²) in [4.78, 5) is 11.4. The third-order valence-electron chi connectivity index (χ3n) is 1.92. The van der Waals surface area contributed by atoms with Crippen molar-refractivity contribution in [2.24, 2.45) is 0 Å². The van der Waals surface area contributed by atoms with Crippen LogP contribution in [0.2, 0.25) is 0 Å². The van der Waals surface area contributed by atoms with Crippen molar-refractivity contribution < 1.29 is 14.2 Å². The van der Waals surface area contributed by atoms with Crippen LogP contribution in [0.1, 0.15) is 16.1 Å². The average Bonchev–Trinajstić information content (AvgIpc) is 2.74. The Morgan fingerprint density at radius 3 is 2.69 bits per heavy atom. The summed E-state index contributed by atoms with van der Waals surface area (Å²) in [5.41, 5.74) is 6.12. The molecule has 0 aliphatic heterocycles. The Kier molecular flexibility index (Phi) is 2.81. The largest absolute Gasteiger partial charge is 0.456 e. The van der Waals surface area contributed by atoms with Crippen LogP contribution in [0, 0.1) is 0 Å². The van der Waals surface area contributed by atoms with Gasteiger partial charge in [0.15, 0.2) is 0 Å². The molecule has 0 amide bonds. The lowest BCUT2D eigenvalue weighted by molar-refractivity contribution is 0.0461. The lowest BCUT2D eigenvalue weighted by Gasteiger charge is -2.01. The Morgan fingerprint density at radius 2 is 2.06 bits per heavy atom. The van der Waals surface area contributed by atoms with Crippen molar-refractivity contribution in [2.45, 2.75) is 6.61 Å². The number of hydrogen-bond acceptors (Lipinski definition) is 6. The number of anilines is 1. The number of nitrogens with two attached hydrogens (primary N) is 1. The maximum atomic E-state index is 11.4. The van der Waals surface area contributed by atoms with Crippen LogP contribution in [0.25, 0.3) is 0 Å². The first-order valence-corrected chi connectivity index (χ1v) is 4.56. The van der Waals surface area contributed by atoms with Crippen LogP contribution >= 0.6 is 0 Å². The standard InChI is InChI=1S/C10H9N3O3/c11-9-8(12-16-13-9)10(14)15-6-7-4-2-1-3-5-7/h1-5H,6H2,(H2,11,13). The molecule has 0 radical (unpaired) electrons. The minimum atomic E-state index is -0.650. The maximum absolute atomic E-state index is 11.4. The molecule has 0 unspecified atom stereocenters. The highest BCUT2D eigenvalue weighted by atomic mass is 16.6. The van der Waals surface area contributed by atoms with E-state index in [1.807, 2.05) is 30.3 Å². The number of hydrogen-bond donors (Lipinski definition) is 1. The molecule has 82 valence electrons. The molecule has 0 bridgehead atoms. The van der Waals surface area contributed by atoms with Crippen molar-refractivity contribution in [2.75, 3.05) is 5.73 Å². The van der Waals surface area contributed by atoms with Gasteiger partial charge in [-0.1, -0.05) is 30.3 Å². The van der Waals surface area contributed by atoms with Gasteiger partial charge in [-0.3, -0.25) is 0 Å². The van der Waals surface area contributed by atoms with Crippen molar-refractivity contribution >= 4 is 11.8 Å². The number of ether oxygens (including phenoxy) is 1. The van der Waals surface area contributed by atoms with Crippen LogP contribution in [0.5, 0.6) is 0 Å². The van der Waals surface area contributed by atoms with Gasteiger partial charge in [0.2, 0.25) is 11.5 Å². The number of nitrogen functional groups attached to an aromatic ring is 1. The van der Waals surface area contributed by atoms with Crippen molar-refractivity contribution in [1.29, 1.82) is 0 Å². The van der Waals surface area contributed by atoms with Gasteiger partial charge in [-0.05, 0) is 15.9 Å². The summed E-state index contributed by atoms with van der Waals surface area (Å²) in [5, 5.41) is 6.63. The molecule has 1 heterocycles. The number of benzene rings is 1. The number of carbonyl (C=O) groups is 1. The predicted molar refractivity (Wildman–Crippen MR) is 54.3 cm³/mol. The molecular weight excluding hydrogens is 210 g/mol. The molecule has 0 saturated heterocycles. The summed E-state index contributed by atoms with van der Waals surface area (Å²) in [5.74, 6) is -0.722. The van der Waals surface area contributed by atoms with Gasteiger partial charge >= 0.3 is 5.97 Å². The molecule has 2 rings (SSSR count). The Balaban J connectivity index is 1.97. The summed E-state index contributed by atoms with van der Waals surface area (Å²) in [6, 6.07) is 9.28. The smallest absolute Gasteiger partial charge is 0.364 e. The number of nitrogens with zero attached hydrogens (tertiary/aromatic N) is 2. The lowest BCUT2D eigenvalue weighted by Crippen LogP contribution is -2.08. The molecule has 0 atom stereocenters. The first-order chi connectivity index (χ1) is 7.77. The Bertz CT molecular complexity index is 481. The average molecular weight is 219 g/mol. The predicted octanol–water partition coefficient (Wildman–Crippen LogP) is 1.01. The Labute approximate surface area is 91.0 Å². The highest BCUT2D eigenvalue weighted by Crippen LogP contribution is 2.08. The monoisotopic (exact) mass is 219 g/mol. The zero-order valence-electron chi connectivity index (χ0n) is 8.29. The second-order valence-electron chi connectivity index (χ2n) is 3.06. The van der Waals surface area contributed by atoms with Crippen molar-refractivity contribution in [3.05, 3.63) is 41.6 Å². The van der Waals surface area contributed by atoms with Crippen LogP contribution in [0.15, 0.2) is 35.0 Å². The fraction of sp³-hybridized carbons (Fsp3) is 0.100. The summed E-state index contributed by atoms with van der Waals surface area (Å²) < 4.78 is 9.26. The van der Waals surface area contributed by atoms with Crippen molar-refractivity contribution in [1.82, 2.24) is 10.3 Å². The normalized spacial score (nSPS) is 10.0. The highest BCUT2D eigenvalue weighted by molar-refractivity contribution is 5.91. The molecule has 0 aliphatic carbocycles. The molecule has 0 fully saturated rings. The lowest BCUT2D eigenvalue weighted by atomic mass is 10.2. The van der Waals surface area contributed by atoms with E-state index in [2.05, 4.69) is 14.9 Å². The molecule has 2 N–H and O–H groups in total. The minimum Gasteiger partial charge on any atom is -0.456 e. The third kappa shape index (κ3) is 2.17. The van der Waals surface area contributed by atoms with Gasteiger partial charge in [0.25, 0.3) is 0 Å². The third-order valence-corrected chi connectivity index (χ3v) is 1.92. The van der Waals surface area contributed by atoms with E-state index >= 15 is 0 Å². The Hall–Kier alpha value is -2.37. The van der Waals surface area contributed by atoms with E-state index in [1.165, 1.54) is 0 Å². The molecule has 0 aliphatic rings. The summed E-state index contributed by atoms with van der Waals surface area (Å²) in [6.07, 6.45) is 0. The van der Waals surface area contributed by atoms with E-state index in [1.54, 1.807) is 0 Å². The second-order valence-corrected chi connectivity index (χ2v) is 3.06. The molecule has 6 heteroatoms. The molecule has 16 heavy (non-hydrogen) atoms. The van der Waals surface area contributed by atoms with Gasteiger partial charge in [0.1, 0.15) is 6.61 Å². The molecule has 6 nitrogen and oxygen atoms in total. The SMILES string of the molecule is Nc1nonc1C(=O)OCc1ccccc1. The second kappa shape index (κ2) is 4.43. The van der Waals surface area contributed by atoms with E-state index in [4.69, 9.17) is 10.5 Å². The van der Waals surface area contributed by atoms with Crippen molar-refractivity contribution in [3.8, 4) is 0 Å². The highest BCUT2D eigenvalue weighted by Gasteiger charge is 2.17. The Morgan fingerprint density at radius 1 is 1.31 bits per heavy atom. The molecular formula is C10H9N3O3. The maximum Gasteiger partial charge on any atom is 0.364 e. The first-order valence-electron chi connectivity index (χ1n) is 4.56. The minimum absolute atomic E-state index is 0.0712. The van der Waals surface area contributed by atoms with Crippen LogP contribution in [0.3, 0.4) is 0 Å². The molecule has 1 aromatic carbocycles. The van der Waals surface area contributed by atoms with Gasteiger partial charge in [0.05, 0.1) is 0 Å². The summed E-state index contributed by atoms with van der Waals surface area (Å²) in [6.45, 7) is 0.159. The van der Waals surface area contributed by atoms with Crippen LogP contribution in [0.4, 0.5) is 5.82 Å². The van der Waals surface area contributed by atoms with E-state index in [0.717, 1.165) is 5.56 Å². The molecule has 0 saturated carbocycles. The van der Waals surface area contributed by atoms with E-state index < -0.39 is 5.97 Å². The summed E-state index contributed by atoms with van der Waals surface area (Å²) >= 11 is 0. The number of esters is 1. The van der Waals surface area contributed by atoms with E-state index in [-0.39, 0.29) is 18.1 Å². The number of carbonyl (C=O) groups excluding carboxylic acids is 1. The zero-order chi connectivity index (χ0) is 11.4. The van der Waals surface area contributed by atoms with Gasteiger partial charge < -0.3 is 10.5 Å². The molecule has 0 spiro atoms. The topological polar surface area (TPSA) is 91.2 Å². The van der Waals surface area contributed by atoms with Crippen molar-refractivity contribution in [3.63, 3.8) is 0 Å². The van der Waals surface area contributed by atoms with Gasteiger partial charge in [0, 0.05) is 0 Å². The fourth-order valence-corrected chi connectivity index (χ4v) is 1.13. The molecule has 2 aromatic rings. The summed E-state index contributed by atoms with van der Waals surface area (Å²) in [7, 11) is 0. The van der Waals surface area contributed by atoms with Crippen LogP contribution < -0.4 is 5.73 Å². The first kappa shape index (κ1) is 10.2.